The molecule has 0 spiro atoms. The van der Waals surface area contributed by atoms with Gasteiger partial charge in [-0.25, -0.2) is 0 Å². The molecule has 0 amide bonds. The van der Waals surface area contributed by atoms with Gasteiger partial charge in [0.2, 0.25) is 0 Å². The zero-order chi connectivity index (χ0) is 8.53. The second kappa shape index (κ2) is 7.12. The minimum absolute atomic E-state index is 0.471. The Morgan fingerprint density at radius 2 is 1.64 bits per heavy atom. The minimum Gasteiger partial charge on any atom is -0.303 e. The van der Waals surface area contributed by atoms with Crippen molar-refractivity contribution in [3.05, 3.63) is 0 Å². The lowest BCUT2D eigenvalue weighted by Crippen LogP contribution is -2.02. The van der Waals surface area contributed by atoms with Crippen LogP contribution in [0.3, 0.4) is 0 Å². The van der Waals surface area contributed by atoms with Crippen LogP contribution in [0.4, 0.5) is 0 Å². The molecule has 0 unspecified atom stereocenters. The Kier molecular flexibility index (Phi) is 6.48. The fraction of sp³-hybridized carbons (Fsp3) is 0.625. The van der Waals surface area contributed by atoms with E-state index in [-0.39, 0.29) is 0 Å². The molecule has 62 valence electrons. The van der Waals surface area contributed by atoms with E-state index in [0.29, 0.717) is 25.4 Å². The third-order valence-corrected chi connectivity index (χ3v) is 1.46. The second-order valence-electron chi connectivity index (χ2n) is 2.39. The molecule has 3 nitrogen and oxygen atoms in total. The molecule has 0 aromatic rings. The predicted molar refractivity (Wildman–Crippen MR) is 40.2 cm³/mol. The molecule has 0 aromatic heterocycles. The van der Waals surface area contributed by atoms with Gasteiger partial charge in [0.1, 0.15) is 18.9 Å². The molecule has 0 saturated heterocycles. The van der Waals surface area contributed by atoms with Gasteiger partial charge in [-0.1, -0.05) is 6.42 Å². The fourth-order valence-corrected chi connectivity index (χ4v) is 0.776. The summed E-state index contributed by atoms with van der Waals surface area (Å²) in [6.45, 7) is 0. The van der Waals surface area contributed by atoms with Crippen molar-refractivity contribution in [2.24, 2.45) is 5.92 Å². The first-order chi connectivity index (χ1) is 5.35. The molecule has 0 fully saturated rings. The lowest BCUT2D eigenvalue weighted by molar-refractivity contribution is -0.119. The number of carbonyl (C=O) groups excluding carboxylic acids is 3. The van der Waals surface area contributed by atoms with Gasteiger partial charge in [0, 0.05) is 6.42 Å². The Balaban J connectivity index is 3.27. The molecule has 0 saturated carbocycles. The number of unbranched alkanes of at least 4 members (excludes halogenated alkanes) is 2. The maximum atomic E-state index is 10.1. The quantitative estimate of drug-likeness (QED) is 0.310. The van der Waals surface area contributed by atoms with Crippen LogP contribution in [0.2, 0.25) is 0 Å². The highest BCUT2D eigenvalue weighted by atomic mass is 16.1. The highest BCUT2D eigenvalue weighted by Gasteiger charge is 2.03. The lowest BCUT2D eigenvalue weighted by Gasteiger charge is -1.98. The second-order valence-corrected chi connectivity index (χ2v) is 2.39. The fourth-order valence-electron chi connectivity index (χ4n) is 0.776. The van der Waals surface area contributed by atoms with E-state index in [4.69, 9.17) is 0 Å². The first-order valence-electron chi connectivity index (χ1n) is 3.69. The maximum absolute atomic E-state index is 10.1. The van der Waals surface area contributed by atoms with Crippen molar-refractivity contribution < 1.29 is 14.4 Å². The molecule has 0 aromatic carbocycles. The number of hydrogen-bond acceptors (Lipinski definition) is 3. The first-order valence-corrected chi connectivity index (χ1v) is 3.69. The van der Waals surface area contributed by atoms with Crippen molar-refractivity contribution in [3.63, 3.8) is 0 Å². The van der Waals surface area contributed by atoms with Crippen LogP contribution in [0.1, 0.15) is 25.7 Å². The summed E-state index contributed by atoms with van der Waals surface area (Å²) in [6.07, 6.45) is 4.76. The molecule has 0 aliphatic carbocycles. The van der Waals surface area contributed by atoms with E-state index < -0.39 is 5.92 Å². The monoisotopic (exact) mass is 156 g/mol. The Bertz CT molecular complexity index is 123. The van der Waals surface area contributed by atoms with Crippen molar-refractivity contribution in [1.82, 2.24) is 0 Å². The van der Waals surface area contributed by atoms with Crippen LogP contribution in [0.15, 0.2) is 0 Å². The third kappa shape index (κ3) is 5.45. The summed E-state index contributed by atoms with van der Waals surface area (Å²) in [5, 5.41) is 0. The number of carbonyl (C=O) groups is 3. The van der Waals surface area contributed by atoms with Gasteiger partial charge in [0.05, 0.1) is 5.92 Å². The van der Waals surface area contributed by atoms with Gasteiger partial charge >= 0.3 is 0 Å². The molecular formula is C8H12O3. The maximum Gasteiger partial charge on any atom is 0.130 e. The first kappa shape index (κ1) is 10.0. The number of rotatable bonds is 7. The van der Waals surface area contributed by atoms with Gasteiger partial charge in [-0.3, -0.25) is 0 Å². The summed E-state index contributed by atoms with van der Waals surface area (Å²) in [4.78, 5) is 30.0. The number of aldehydes is 3. The predicted octanol–water partition coefficient (Wildman–Crippen LogP) is 0.760. The number of hydrogen-bond donors (Lipinski definition) is 0. The van der Waals surface area contributed by atoms with Gasteiger partial charge < -0.3 is 14.4 Å². The van der Waals surface area contributed by atoms with Crippen molar-refractivity contribution in [3.8, 4) is 0 Å². The Morgan fingerprint density at radius 1 is 1.00 bits per heavy atom. The summed E-state index contributed by atoms with van der Waals surface area (Å²) in [5.74, 6) is -0.471. The summed E-state index contributed by atoms with van der Waals surface area (Å²) in [6, 6.07) is 0. The molecule has 0 atom stereocenters. The van der Waals surface area contributed by atoms with E-state index in [2.05, 4.69) is 0 Å². The van der Waals surface area contributed by atoms with E-state index in [0.717, 1.165) is 19.1 Å². The highest BCUT2D eigenvalue weighted by Crippen LogP contribution is 2.04. The van der Waals surface area contributed by atoms with E-state index in [1.165, 1.54) is 0 Å². The van der Waals surface area contributed by atoms with Crippen LogP contribution < -0.4 is 0 Å². The molecule has 0 radical (unpaired) electrons. The van der Waals surface area contributed by atoms with E-state index in [1.54, 1.807) is 0 Å². The molecule has 0 aliphatic rings. The average molecular weight is 156 g/mol. The van der Waals surface area contributed by atoms with E-state index in [9.17, 15) is 14.4 Å². The lowest BCUT2D eigenvalue weighted by atomic mass is 10.0. The van der Waals surface area contributed by atoms with Crippen LogP contribution in [-0.4, -0.2) is 18.9 Å². The molecule has 3 heteroatoms. The van der Waals surface area contributed by atoms with Crippen molar-refractivity contribution in [1.29, 1.82) is 0 Å². The van der Waals surface area contributed by atoms with Gasteiger partial charge in [0.15, 0.2) is 0 Å². The standard InChI is InChI=1S/C8H12O3/c9-5-3-1-2-4-8(6-10)7-11/h5-8H,1-4H2. The summed E-state index contributed by atoms with van der Waals surface area (Å²) >= 11 is 0. The highest BCUT2D eigenvalue weighted by molar-refractivity contribution is 5.77. The smallest absolute Gasteiger partial charge is 0.130 e. The molecule has 11 heavy (non-hydrogen) atoms. The van der Waals surface area contributed by atoms with E-state index >= 15 is 0 Å². The molecule has 0 N–H and O–H groups in total. The Morgan fingerprint density at radius 3 is 2.09 bits per heavy atom. The van der Waals surface area contributed by atoms with Crippen LogP contribution in [0, 0.1) is 5.92 Å². The molecule has 0 bridgehead atoms. The van der Waals surface area contributed by atoms with E-state index in [1.807, 2.05) is 0 Å². The van der Waals surface area contributed by atoms with Gasteiger partial charge in [-0.15, -0.1) is 0 Å². The van der Waals surface area contributed by atoms with Crippen LogP contribution in [0.25, 0.3) is 0 Å². The van der Waals surface area contributed by atoms with Crippen LogP contribution in [0.5, 0.6) is 0 Å². The SMILES string of the molecule is O=CCCCCC(C=O)C=O. The van der Waals surface area contributed by atoms with Gasteiger partial charge in [-0.05, 0) is 12.8 Å². The summed E-state index contributed by atoms with van der Waals surface area (Å²) < 4.78 is 0. The van der Waals surface area contributed by atoms with Gasteiger partial charge in [-0.2, -0.15) is 0 Å². The largest absolute Gasteiger partial charge is 0.303 e. The Hall–Kier alpha value is -0.990. The van der Waals surface area contributed by atoms with Crippen LogP contribution in [-0.2, 0) is 14.4 Å². The molecule has 0 aliphatic heterocycles. The third-order valence-electron chi connectivity index (χ3n) is 1.46. The summed E-state index contributed by atoms with van der Waals surface area (Å²) in [7, 11) is 0. The Labute approximate surface area is 65.8 Å². The molecular weight excluding hydrogens is 144 g/mol. The van der Waals surface area contributed by atoms with Crippen molar-refractivity contribution >= 4 is 18.9 Å². The van der Waals surface area contributed by atoms with Gasteiger partial charge in [0.25, 0.3) is 0 Å². The summed E-state index contributed by atoms with van der Waals surface area (Å²) in [5.41, 5.74) is 0. The molecule has 0 heterocycles. The topological polar surface area (TPSA) is 51.2 Å². The zero-order valence-electron chi connectivity index (χ0n) is 6.36. The minimum atomic E-state index is -0.471. The van der Waals surface area contributed by atoms with Crippen molar-refractivity contribution in [2.75, 3.05) is 0 Å². The normalized spacial score (nSPS) is 9.55. The zero-order valence-corrected chi connectivity index (χ0v) is 6.36. The van der Waals surface area contributed by atoms with Crippen LogP contribution >= 0.6 is 0 Å². The van der Waals surface area contributed by atoms with Crippen molar-refractivity contribution in [2.45, 2.75) is 25.7 Å². The average Bonchev–Trinajstić information content (AvgIpc) is 2.05. The molecule has 0 rings (SSSR count).